The third-order valence-electron chi connectivity index (χ3n) is 2.29. The predicted molar refractivity (Wildman–Crippen MR) is 44.1 cm³/mol. The van der Waals surface area contributed by atoms with Gasteiger partial charge in [-0.2, -0.15) is 0 Å². The van der Waals surface area contributed by atoms with E-state index in [9.17, 15) is 4.79 Å². The van der Waals surface area contributed by atoms with E-state index in [1.165, 1.54) is 0 Å². The maximum absolute atomic E-state index is 11.1. The Hall–Kier alpha value is -0.570. The van der Waals surface area contributed by atoms with Crippen molar-refractivity contribution in [3.8, 4) is 0 Å². The molecule has 1 unspecified atom stereocenters. The second kappa shape index (κ2) is 2.48. The molecule has 0 saturated carbocycles. The van der Waals surface area contributed by atoms with E-state index in [4.69, 9.17) is 5.73 Å². The second-order valence-electron chi connectivity index (χ2n) is 3.91. The third kappa shape index (κ3) is 1.53. The standard InChI is InChI=1S/C8H16N2O/c1-6(11)10-5-7(9)4-8(10,2)3/h7H,4-5,9H2,1-3H3. The van der Waals surface area contributed by atoms with Gasteiger partial charge in [-0.1, -0.05) is 0 Å². The highest BCUT2D eigenvalue weighted by molar-refractivity contribution is 5.74. The molecule has 0 aromatic rings. The van der Waals surface area contributed by atoms with E-state index in [-0.39, 0.29) is 17.5 Å². The van der Waals surface area contributed by atoms with E-state index in [1.54, 1.807) is 6.92 Å². The van der Waals surface area contributed by atoms with Crippen molar-refractivity contribution in [1.29, 1.82) is 0 Å². The van der Waals surface area contributed by atoms with Gasteiger partial charge in [-0.3, -0.25) is 4.79 Å². The van der Waals surface area contributed by atoms with Gasteiger partial charge in [0.1, 0.15) is 0 Å². The number of nitrogens with two attached hydrogens (primary N) is 1. The lowest BCUT2D eigenvalue weighted by molar-refractivity contribution is -0.131. The molecule has 11 heavy (non-hydrogen) atoms. The molecule has 1 aliphatic heterocycles. The van der Waals surface area contributed by atoms with Crippen LogP contribution in [0, 0.1) is 0 Å². The van der Waals surface area contributed by atoms with Crippen LogP contribution in [0.1, 0.15) is 27.2 Å². The molecule has 1 atom stereocenters. The molecule has 1 rings (SSSR count). The van der Waals surface area contributed by atoms with Gasteiger partial charge >= 0.3 is 0 Å². The Labute approximate surface area is 67.5 Å². The van der Waals surface area contributed by atoms with Crippen LogP contribution >= 0.6 is 0 Å². The molecule has 1 fully saturated rings. The number of hydrogen-bond donors (Lipinski definition) is 1. The van der Waals surface area contributed by atoms with E-state index in [1.807, 2.05) is 4.90 Å². The lowest BCUT2D eigenvalue weighted by Gasteiger charge is -2.30. The summed E-state index contributed by atoms with van der Waals surface area (Å²) in [7, 11) is 0. The summed E-state index contributed by atoms with van der Waals surface area (Å²) in [5.74, 6) is 0.128. The van der Waals surface area contributed by atoms with Crippen molar-refractivity contribution in [2.75, 3.05) is 6.54 Å². The average Bonchev–Trinajstić information content (AvgIpc) is 2.04. The van der Waals surface area contributed by atoms with Gasteiger partial charge in [0.2, 0.25) is 5.91 Å². The van der Waals surface area contributed by atoms with Crippen molar-refractivity contribution < 1.29 is 4.79 Å². The minimum atomic E-state index is -0.0365. The third-order valence-corrected chi connectivity index (χ3v) is 2.29. The van der Waals surface area contributed by atoms with E-state index in [0.717, 1.165) is 6.42 Å². The second-order valence-corrected chi connectivity index (χ2v) is 3.91. The maximum Gasteiger partial charge on any atom is 0.219 e. The maximum atomic E-state index is 11.1. The normalized spacial score (nSPS) is 29.1. The summed E-state index contributed by atoms with van der Waals surface area (Å²) in [5, 5.41) is 0. The number of amides is 1. The van der Waals surface area contributed by atoms with Crippen LogP contribution in [0.4, 0.5) is 0 Å². The van der Waals surface area contributed by atoms with Crippen LogP contribution in [0.3, 0.4) is 0 Å². The molecular weight excluding hydrogens is 140 g/mol. The quantitative estimate of drug-likeness (QED) is 0.550. The number of nitrogens with zero attached hydrogens (tertiary/aromatic N) is 1. The number of rotatable bonds is 0. The first-order valence-corrected chi connectivity index (χ1v) is 3.97. The largest absolute Gasteiger partial charge is 0.336 e. The van der Waals surface area contributed by atoms with E-state index in [0.29, 0.717) is 6.54 Å². The first kappa shape index (κ1) is 8.53. The molecule has 0 radical (unpaired) electrons. The zero-order valence-electron chi connectivity index (χ0n) is 7.42. The summed E-state index contributed by atoms with van der Waals surface area (Å²) in [5.41, 5.74) is 5.71. The zero-order chi connectivity index (χ0) is 8.65. The van der Waals surface area contributed by atoms with Gasteiger partial charge in [-0.15, -0.1) is 0 Å². The summed E-state index contributed by atoms with van der Waals surface area (Å²) < 4.78 is 0. The summed E-state index contributed by atoms with van der Waals surface area (Å²) in [6.45, 7) is 6.42. The Bertz CT molecular complexity index is 177. The van der Waals surface area contributed by atoms with Crippen molar-refractivity contribution in [2.24, 2.45) is 5.73 Å². The van der Waals surface area contributed by atoms with Crippen molar-refractivity contribution in [3.63, 3.8) is 0 Å². The molecule has 1 saturated heterocycles. The van der Waals surface area contributed by atoms with Gasteiger partial charge in [0, 0.05) is 25.0 Å². The van der Waals surface area contributed by atoms with Crippen LogP contribution in [0.2, 0.25) is 0 Å². The van der Waals surface area contributed by atoms with Crippen LogP contribution in [0.15, 0.2) is 0 Å². The van der Waals surface area contributed by atoms with E-state index >= 15 is 0 Å². The van der Waals surface area contributed by atoms with Gasteiger partial charge < -0.3 is 10.6 Å². The molecule has 0 aromatic heterocycles. The smallest absolute Gasteiger partial charge is 0.219 e. The number of likely N-dealkylation sites (tertiary alicyclic amines) is 1. The highest BCUT2D eigenvalue weighted by Crippen LogP contribution is 2.27. The van der Waals surface area contributed by atoms with Gasteiger partial charge in [-0.05, 0) is 20.3 Å². The molecule has 0 aliphatic carbocycles. The highest BCUT2D eigenvalue weighted by atomic mass is 16.2. The van der Waals surface area contributed by atoms with Crippen LogP contribution in [-0.2, 0) is 4.79 Å². The monoisotopic (exact) mass is 156 g/mol. The Morgan fingerprint density at radius 3 is 2.36 bits per heavy atom. The number of carbonyl (C=O) groups excluding carboxylic acids is 1. The molecule has 3 nitrogen and oxygen atoms in total. The van der Waals surface area contributed by atoms with Crippen LogP contribution in [0.5, 0.6) is 0 Å². The molecule has 1 heterocycles. The zero-order valence-corrected chi connectivity index (χ0v) is 7.42. The van der Waals surface area contributed by atoms with E-state index in [2.05, 4.69) is 13.8 Å². The highest BCUT2D eigenvalue weighted by Gasteiger charge is 2.37. The molecule has 0 spiro atoms. The van der Waals surface area contributed by atoms with Crippen molar-refractivity contribution in [2.45, 2.75) is 38.8 Å². The van der Waals surface area contributed by atoms with Crippen molar-refractivity contribution in [3.05, 3.63) is 0 Å². The minimum Gasteiger partial charge on any atom is -0.336 e. The minimum absolute atomic E-state index is 0.0365. The van der Waals surface area contributed by atoms with Gasteiger partial charge in [-0.25, -0.2) is 0 Å². The van der Waals surface area contributed by atoms with Gasteiger partial charge in [0.05, 0.1) is 0 Å². The average molecular weight is 156 g/mol. The van der Waals surface area contributed by atoms with Gasteiger partial charge in [0.15, 0.2) is 0 Å². The first-order chi connectivity index (χ1) is 4.93. The molecule has 3 heteroatoms. The predicted octanol–water partition coefficient (Wildman–Crippen LogP) is 0.344. The molecule has 0 aromatic carbocycles. The molecule has 0 bridgehead atoms. The molecule has 2 N–H and O–H groups in total. The summed E-state index contributed by atoms with van der Waals surface area (Å²) in [4.78, 5) is 12.9. The first-order valence-electron chi connectivity index (χ1n) is 3.97. The molecule has 64 valence electrons. The number of hydrogen-bond acceptors (Lipinski definition) is 2. The molecular formula is C8H16N2O. The number of carbonyl (C=O) groups is 1. The summed E-state index contributed by atoms with van der Waals surface area (Å²) >= 11 is 0. The van der Waals surface area contributed by atoms with E-state index < -0.39 is 0 Å². The Kier molecular flexibility index (Phi) is 1.92. The molecule has 1 amide bonds. The fourth-order valence-corrected chi connectivity index (χ4v) is 1.85. The van der Waals surface area contributed by atoms with Crippen LogP contribution < -0.4 is 5.73 Å². The summed E-state index contributed by atoms with van der Waals surface area (Å²) in [6, 6.07) is 0.161. The summed E-state index contributed by atoms with van der Waals surface area (Å²) in [6.07, 6.45) is 0.909. The Morgan fingerprint density at radius 1 is 1.64 bits per heavy atom. The van der Waals surface area contributed by atoms with Gasteiger partial charge in [0.25, 0.3) is 0 Å². The topological polar surface area (TPSA) is 46.3 Å². The fourth-order valence-electron chi connectivity index (χ4n) is 1.85. The van der Waals surface area contributed by atoms with Crippen LogP contribution in [-0.4, -0.2) is 28.9 Å². The van der Waals surface area contributed by atoms with Crippen molar-refractivity contribution in [1.82, 2.24) is 4.90 Å². The SMILES string of the molecule is CC(=O)N1CC(N)CC1(C)C. The Morgan fingerprint density at radius 2 is 2.18 bits per heavy atom. The lowest BCUT2D eigenvalue weighted by Crippen LogP contribution is -2.41. The lowest BCUT2D eigenvalue weighted by atomic mass is 10.0. The Balaban J connectivity index is 2.74. The molecule has 1 aliphatic rings. The van der Waals surface area contributed by atoms with Crippen molar-refractivity contribution >= 4 is 5.91 Å². The van der Waals surface area contributed by atoms with Crippen LogP contribution in [0.25, 0.3) is 0 Å². The fraction of sp³-hybridized carbons (Fsp3) is 0.875.